The quantitative estimate of drug-likeness (QED) is 0.439. The number of nitrogens with one attached hydrogen (secondary N) is 2. The maximum atomic E-state index is 12.0. The molecule has 0 aliphatic heterocycles. The molecule has 0 aliphatic carbocycles. The fourth-order valence-corrected chi connectivity index (χ4v) is 2.57. The van der Waals surface area contributed by atoms with Gasteiger partial charge in [-0.25, -0.2) is 5.43 Å². The highest BCUT2D eigenvalue weighted by atomic mass is 79.9. The molecule has 0 fully saturated rings. The number of aryl methyl sites for hydroxylation is 1. The molecule has 0 unspecified atom stereocenters. The van der Waals surface area contributed by atoms with Crippen LogP contribution in [-0.2, 0) is 9.59 Å². The molecule has 0 bridgehead atoms. The molecule has 0 aromatic heterocycles. The summed E-state index contributed by atoms with van der Waals surface area (Å²) in [7, 11) is 0. The van der Waals surface area contributed by atoms with Crippen molar-refractivity contribution >= 4 is 55.1 Å². The Bertz CT molecular complexity index is 852. The normalized spacial score (nSPS) is 11.0. The van der Waals surface area contributed by atoms with Crippen molar-refractivity contribution < 1.29 is 14.3 Å². The molecule has 27 heavy (non-hydrogen) atoms. The van der Waals surface area contributed by atoms with Crippen molar-refractivity contribution in [1.82, 2.24) is 5.43 Å². The Hall–Kier alpha value is -2.19. The number of carbonyl (C=O) groups excluding carboxylic acids is 2. The Balaban J connectivity index is 1.76. The van der Waals surface area contributed by atoms with Crippen LogP contribution in [0, 0.1) is 6.92 Å². The van der Waals surface area contributed by atoms with Crippen molar-refractivity contribution in [3.8, 4) is 5.75 Å². The van der Waals surface area contributed by atoms with Crippen LogP contribution in [0.4, 0.5) is 5.69 Å². The van der Waals surface area contributed by atoms with Gasteiger partial charge in [0.25, 0.3) is 5.91 Å². The highest BCUT2D eigenvalue weighted by Gasteiger charge is 2.07. The van der Waals surface area contributed by atoms with Crippen LogP contribution in [-0.4, -0.2) is 24.1 Å². The van der Waals surface area contributed by atoms with Crippen molar-refractivity contribution in [2.75, 3.05) is 11.9 Å². The number of hydrogen-bond acceptors (Lipinski definition) is 4. The van der Waals surface area contributed by atoms with Crippen LogP contribution < -0.4 is 15.5 Å². The fourth-order valence-electron chi connectivity index (χ4n) is 2.06. The molecule has 0 heterocycles. The minimum absolute atomic E-state index is 0.0725. The second kappa shape index (κ2) is 10.2. The van der Waals surface area contributed by atoms with Gasteiger partial charge in [-0.3, -0.25) is 9.59 Å². The van der Waals surface area contributed by atoms with Crippen molar-refractivity contribution in [2.24, 2.45) is 5.10 Å². The summed E-state index contributed by atoms with van der Waals surface area (Å²) in [6.07, 6.45) is 0.0725. The second-order valence-corrected chi connectivity index (χ2v) is 7.58. The van der Waals surface area contributed by atoms with Crippen molar-refractivity contribution in [2.45, 2.75) is 20.3 Å². The lowest BCUT2D eigenvalue weighted by molar-refractivity contribution is -0.123. The molecule has 0 saturated carbocycles. The third kappa shape index (κ3) is 7.52. The summed E-state index contributed by atoms with van der Waals surface area (Å²) in [6.45, 7) is 3.44. The molecule has 0 radical (unpaired) electrons. The molecule has 142 valence electrons. The lowest BCUT2D eigenvalue weighted by Gasteiger charge is -2.08. The highest BCUT2D eigenvalue weighted by Crippen LogP contribution is 2.21. The molecular formula is C19H19Br2N3O3. The predicted molar refractivity (Wildman–Crippen MR) is 113 cm³/mol. The Morgan fingerprint density at radius 3 is 2.44 bits per heavy atom. The number of rotatable bonds is 7. The van der Waals surface area contributed by atoms with E-state index in [-0.39, 0.29) is 18.9 Å². The van der Waals surface area contributed by atoms with Gasteiger partial charge < -0.3 is 10.1 Å². The van der Waals surface area contributed by atoms with Gasteiger partial charge in [0.2, 0.25) is 5.91 Å². The number of ether oxygens (including phenoxy) is 1. The summed E-state index contributed by atoms with van der Waals surface area (Å²) in [5, 5.41) is 6.69. The molecule has 0 atom stereocenters. The van der Waals surface area contributed by atoms with Crippen LogP contribution in [0.15, 0.2) is 56.5 Å². The topological polar surface area (TPSA) is 79.8 Å². The van der Waals surface area contributed by atoms with Gasteiger partial charge in [-0.15, -0.1) is 0 Å². The van der Waals surface area contributed by atoms with Crippen molar-refractivity contribution in [3.05, 3.63) is 57.0 Å². The monoisotopic (exact) mass is 495 g/mol. The van der Waals surface area contributed by atoms with E-state index < -0.39 is 5.91 Å². The SMILES string of the molecule is CC(CC(=O)Nc1ccc(Br)cc1)=NNC(=O)COc1ccc(Br)c(C)c1. The maximum absolute atomic E-state index is 12.0. The first-order valence-electron chi connectivity index (χ1n) is 8.10. The highest BCUT2D eigenvalue weighted by molar-refractivity contribution is 9.10. The number of halogens is 2. The summed E-state index contributed by atoms with van der Waals surface area (Å²) in [6, 6.07) is 12.7. The van der Waals surface area contributed by atoms with Crippen LogP contribution in [0.2, 0.25) is 0 Å². The third-order valence-electron chi connectivity index (χ3n) is 3.42. The van der Waals surface area contributed by atoms with E-state index >= 15 is 0 Å². The predicted octanol–water partition coefficient (Wildman–Crippen LogP) is 4.42. The molecule has 0 spiro atoms. The van der Waals surface area contributed by atoms with E-state index in [0.29, 0.717) is 17.1 Å². The summed E-state index contributed by atoms with van der Waals surface area (Å²) < 4.78 is 7.33. The molecule has 2 rings (SSSR count). The van der Waals surface area contributed by atoms with Gasteiger partial charge in [0.15, 0.2) is 6.61 Å². The molecule has 8 heteroatoms. The van der Waals surface area contributed by atoms with E-state index in [9.17, 15) is 9.59 Å². The minimum Gasteiger partial charge on any atom is -0.484 e. The standard InChI is InChI=1S/C19H19Br2N3O3/c1-12-9-16(7-8-17(12)21)27-11-19(26)24-23-13(2)10-18(25)22-15-5-3-14(20)4-6-15/h3-9H,10-11H2,1-2H3,(H,22,25)(H,24,26). The van der Waals surface area contributed by atoms with E-state index in [4.69, 9.17) is 4.74 Å². The number of amides is 2. The zero-order chi connectivity index (χ0) is 19.8. The summed E-state index contributed by atoms with van der Waals surface area (Å²) in [5.41, 5.74) is 4.57. The Morgan fingerprint density at radius 2 is 1.78 bits per heavy atom. The largest absolute Gasteiger partial charge is 0.484 e. The molecule has 0 saturated heterocycles. The smallest absolute Gasteiger partial charge is 0.277 e. The number of hydrazone groups is 1. The van der Waals surface area contributed by atoms with Gasteiger partial charge in [0.1, 0.15) is 5.75 Å². The van der Waals surface area contributed by atoms with Crippen molar-refractivity contribution in [3.63, 3.8) is 0 Å². The average molecular weight is 497 g/mol. The van der Waals surface area contributed by atoms with Crippen LogP contribution in [0.25, 0.3) is 0 Å². The summed E-state index contributed by atoms with van der Waals surface area (Å²) in [4.78, 5) is 23.8. The Kier molecular flexibility index (Phi) is 7.99. The lowest BCUT2D eigenvalue weighted by atomic mass is 10.2. The van der Waals surface area contributed by atoms with Crippen molar-refractivity contribution in [1.29, 1.82) is 0 Å². The molecule has 2 aromatic rings. The van der Waals surface area contributed by atoms with Gasteiger partial charge >= 0.3 is 0 Å². The first-order chi connectivity index (χ1) is 12.8. The van der Waals surface area contributed by atoms with E-state index in [1.807, 2.05) is 31.2 Å². The zero-order valence-corrected chi connectivity index (χ0v) is 18.1. The molecular weight excluding hydrogens is 478 g/mol. The number of hydrogen-bond donors (Lipinski definition) is 2. The number of benzene rings is 2. The lowest BCUT2D eigenvalue weighted by Crippen LogP contribution is -2.26. The summed E-state index contributed by atoms with van der Waals surface area (Å²) >= 11 is 6.74. The minimum atomic E-state index is -0.400. The van der Waals surface area contributed by atoms with Crippen LogP contribution in [0.5, 0.6) is 5.75 Å². The Labute approximate surface area is 174 Å². The molecule has 6 nitrogen and oxygen atoms in total. The molecule has 2 aromatic carbocycles. The first-order valence-corrected chi connectivity index (χ1v) is 9.68. The maximum Gasteiger partial charge on any atom is 0.277 e. The number of nitrogens with zero attached hydrogens (tertiary/aromatic N) is 1. The van der Waals surface area contributed by atoms with Gasteiger partial charge in [0, 0.05) is 20.3 Å². The average Bonchev–Trinajstić information content (AvgIpc) is 2.63. The van der Waals surface area contributed by atoms with Gasteiger partial charge in [0.05, 0.1) is 6.42 Å². The van der Waals surface area contributed by atoms with Gasteiger partial charge in [-0.05, 0) is 61.9 Å². The van der Waals surface area contributed by atoms with Gasteiger partial charge in [-0.2, -0.15) is 5.10 Å². The third-order valence-corrected chi connectivity index (χ3v) is 4.83. The van der Waals surface area contributed by atoms with E-state index in [0.717, 1.165) is 14.5 Å². The van der Waals surface area contributed by atoms with Crippen LogP contribution in [0.3, 0.4) is 0 Å². The fraction of sp³-hybridized carbons (Fsp3) is 0.211. The van der Waals surface area contributed by atoms with E-state index in [2.05, 4.69) is 47.7 Å². The van der Waals surface area contributed by atoms with E-state index in [1.54, 1.807) is 25.1 Å². The number of carbonyl (C=O) groups is 2. The first kappa shape index (κ1) is 21.1. The van der Waals surface area contributed by atoms with Crippen LogP contribution in [0.1, 0.15) is 18.9 Å². The molecule has 2 amide bonds. The molecule has 2 N–H and O–H groups in total. The van der Waals surface area contributed by atoms with Gasteiger partial charge in [-0.1, -0.05) is 31.9 Å². The van der Waals surface area contributed by atoms with E-state index in [1.165, 1.54) is 0 Å². The van der Waals surface area contributed by atoms with Crippen LogP contribution >= 0.6 is 31.9 Å². The Morgan fingerprint density at radius 1 is 1.07 bits per heavy atom. The second-order valence-electron chi connectivity index (χ2n) is 5.81. The zero-order valence-electron chi connectivity index (χ0n) is 14.9. The number of anilines is 1. The molecule has 0 aliphatic rings. The summed E-state index contributed by atoms with van der Waals surface area (Å²) in [5.74, 6) is -0.0157.